The quantitative estimate of drug-likeness (QED) is 0.598. The molecule has 7 heteroatoms. The normalized spacial score (nSPS) is 12.7. The van der Waals surface area contributed by atoms with Crippen LogP contribution in [-0.2, 0) is 7.05 Å². The predicted octanol–water partition coefficient (Wildman–Crippen LogP) is 0.438. The van der Waals surface area contributed by atoms with Crippen molar-refractivity contribution in [3.63, 3.8) is 0 Å². The molecule has 0 amide bonds. The van der Waals surface area contributed by atoms with Gasteiger partial charge in [-0.2, -0.15) is 0 Å². The lowest BCUT2D eigenvalue weighted by molar-refractivity contribution is 0.406. The lowest BCUT2D eigenvalue weighted by atomic mass is 10.2. The van der Waals surface area contributed by atoms with Crippen LogP contribution in [0.2, 0.25) is 0 Å². The third kappa shape index (κ3) is 1.80. The first-order valence-corrected chi connectivity index (χ1v) is 5.58. The smallest absolute Gasteiger partial charge is 0.134 e. The fourth-order valence-corrected chi connectivity index (χ4v) is 2.47. The van der Waals surface area contributed by atoms with Gasteiger partial charge in [0.1, 0.15) is 11.8 Å². The minimum Gasteiger partial charge on any atom is -0.496 e. The first-order valence-electron chi connectivity index (χ1n) is 4.70. The van der Waals surface area contributed by atoms with Gasteiger partial charge in [0.2, 0.25) is 0 Å². The summed E-state index contributed by atoms with van der Waals surface area (Å²) in [4.78, 5) is 1.01. The van der Waals surface area contributed by atoms with Crippen LogP contribution in [0, 0.1) is 0 Å². The van der Waals surface area contributed by atoms with Crippen molar-refractivity contribution in [3.8, 4) is 5.75 Å². The maximum atomic E-state index is 5.58. The second-order valence-electron chi connectivity index (χ2n) is 3.24. The molecule has 2 heterocycles. The van der Waals surface area contributed by atoms with Crippen LogP contribution in [0.5, 0.6) is 5.75 Å². The number of nitrogens with two attached hydrogens (primary N) is 1. The molecule has 0 saturated carbocycles. The molecule has 0 fully saturated rings. The van der Waals surface area contributed by atoms with Gasteiger partial charge in [-0.15, -0.1) is 16.4 Å². The SMILES string of the molecule is COc1ccsc1C(NN)c1cnnn1C. The molecular formula is C9H13N5OS. The molecule has 0 saturated heterocycles. The van der Waals surface area contributed by atoms with Gasteiger partial charge in [0, 0.05) is 7.05 Å². The second kappa shape index (κ2) is 4.60. The number of aryl methyl sites for hydroxylation is 1. The predicted molar refractivity (Wildman–Crippen MR) is 61.0 cm³/mol. The fraction of sp³-hybridized carbons (Fsp3) is 0.333. The van der Waals surface area contributed by atoms with Crippen molar-refractivity contribution >= 4 is 11.3 Å². The summed E-state index contributed by atoms with van der Waals surface area (Å²) in [6.45, 7) is 0. The number of methoxy groups -OCH3 is 1. The van der Waals surface area contributed by atoms with Gasteiger partial charge in [0.05, 0.1) is 23.9 Å². The highest BCUT2D eigenvalue weighted by Crippen LogP contribution is 2.33. The van der Waals surface area contributed by atoms with Gasteiger partial charge in [-0.25, -0.2) is 5.43 Å². The first kappa shape index (κ1) is 11.1. The zero-order valence-corrected chi connectivity index (χ0v) is 9.86. The molecular weight excluding hydrogens is 226 g/mol. The maximum absolute atomic E-state index is 5.58. The molecule has 0 spiro atoms. The van der Waals surface area contributed by atoms with Crippen LogP contribution in [0.1, 0.15) is 16.6 Å². The van der Waals surface area contributed by atoms with Crippen molar-refractivity contribution in [3.05, 3.63) is 28.2 Å². The van der Waals surface area contributed by atoms with Crippen molar-refractivity contribution in [2.75, 3.05) is 7.11 Å². The topological polar surface area (TPSA) is 78.0 Å². The summed E-state index contributed by atoms with van der Waals surface area (Å²) in [6.07, 6.45) is 1.68. The highest BCUT2D eigenvalue weighted by Gasteiger charge is 2.21. The van der Waals surface area contributed by atoms with Gasteiger partial charge >= 0.3 is 0 Å². The Morgan fingerprint density at radius 2 is 2.44 bits per heavy atom. The number of rotatable bonds is 4. The first-order chi connectivity index (χ1) is 7.77. The monoisotopic (exact) mass is 239 g/mol. The van der Waals surface area contributed by atoms with Crippen molar-refractivity contribution in [1.29, 1.82) is 0 Å². The Hall–Kier alpha value is -1.44. The van der Waals surface area contributed by atoms with E-state index in [1.165, 1.54) is 0 Å². The molecule has 0 radical (unpaired) electrons. The highest BCUT2D eigenvalue weighted by atomic mass is 32.1. The number of ether oxygens (including phenoxy) is 1. The highest BCUT2D eigenvalue weighted by molar-refractivity contribution is 7.10. The van der Waals surface area contributed by atoms with E-state index in [1.54, 1.807) is 29.3 Å². The number of hydrogen-bond donors (Lipinski definition) is 2. The van der Waals surface area contributed by atoms with Crippen LogP contribution in [0.3, 0.4) is 0 Å². The van der Waals surface area contributed by atoms with Crippen LogP contribution >= 0.6 is 11.3 Å². The summed E-state index contributed by atoms with van der Waals surface area (Å²) in [7, 11) is 3.47. The summed E-state index contributed by atoms with van der Waals surface area (Å²) in [5, 5.41) is 9.68. The zero-order valence-electron chi connectivity index (χ0n) is 9.04. The van der Waals surface area contributed by atoms with Crippen molar-refractivity contribution in [2.24, 2.45) is 12.9 Å². The summed E-state index contributed by atoms with van der Waals surface area (Å²) in [5.74, 6) is 6.39. The van der Waals surface area contributed by atoms with E-state index in [1.807, 2.05) is 18.5 Å². The van der Waals surface area contributed by atoms with Gasteiger partial charge in [-0.1, -0.05) is 5.21 Å². The molecule has 16 heavy (non-hydrogen) atoms. The van der Waals surface area contributed by atoms with Crippen LogP contribution < -0.4 is 16.0 Å². The molecule has 1 atom stereocenters. The van der Waals surface area contributed by atoms with Gasteiger partial charge < -0.3 is 4.74 Å². The minimum atomic E-state index is -0.157. The molecule has 2 rings (SSSR count). The summed E-state index contributed by atoms with van der Waals surface area (Å²) in [6, 6.07) is 1.75. The Labute approximate surface area is 97.0 Å². The molecule has 0 aliphatic carbocycles. The van der Waals surface area contributed by atoms with Crippen LogP contribution in [0.25, 0.3) is 0 Å². The van der Waals surface area contributed by atoms with Crippen LogP contribution in [0.15, 0.2) is 17.6 Å². The Morgan fingerprint density at radius 3 is 3.00 bits per heavy atom. The molecule has 0 aliphatic rings. The van der Waals surface area contributed by atoms with Gasteiger partial charge in [0.25, 0.3) is 0 Å². The average Bonchev–Trinajstić information content (AvgIpc) is 2.90. The lowest BCUT2D eigenvalue weighted by Crippen LogP contribution is -2.30. The number of hydrogen-bond acceptors (Lipinski definition) is 6. The third-order valence-electron chi connectivity index (χ3n) is 2.35. The van der Waals surface area contributed by atoms with E-state index in [-0.39, 0.29) is 6.04 Å². The summed E-state index contributed by atoms with van der Waals surface area (Å²) < 4.78 is 6.96. The number of nitrogens with one attached hydrogen (secondary N) is 1. The minimum absolute atomic E-state index is 0.157. The molecule has 2 aromatic rings. The Morgan fingerprint density at radius 1 is 1.62 bits per heavy atom. The number of thiophene rings is 1. The maximum Gasteiger partial charge on any atom is 0.134 e. The molecule has 1 unspecified atom stereocenters. The molecule has 0 aromatic carbocycles. The molecule has 3 N–H and O–H groups in total. The molecule has 0 bridgehead atoms. The van der Waals surface area contributed by atoms with E-state index in [2.05, 4.69) is 15.7 Å². The summed E-state index contributed by atoms with van der Waals surface area (Å²) in [5.41, 5.74) is 3.64. The third-order valence-corrected chi connectivity index (χ3v) is 3.31. The summed E-state index contributed by atoms with van der Waals surface area (Å²) >= 11 is 1.58. The fourth-order valence-electron chi connectivity index (χ4n) is 1.54. The van der Waals surface area contributed by atoms with E-state index in [0.29, 0.717) is 0 Å². The van der Waals surface area contributed by atoms with Crippen molar-refractivity contribution in [1.82, 2.24) is 20.4 Å². The standard InChI is InChI=1S/C9H13N5OS/c1-14-6(5-11-13-14)8(12-10)9-7(15-2)3-4-16-9/h3-5,8,12H,10H2,1-2H3. The molecule has 86 valence electrons. The lowest BCUT2D eigenvalue weighted by Gasteiger charge is -2.15. The second-order valence-corrected chi connectivity index (χ2v) is 4.18. The van der Waals surface area contributed by atoms with Crippen LogP contribution in [0.4, 0.5) is 0 Å². The van der Waals surface area contributed by atoms with Crippen molar-refractivity contribution < 1.29 is 4.74 Å². The largest absolute Gasteiger partial charge is 0.496 e. The van der Waals surface area contributed by atoms with Gasteiger partial charge in [0.15, 0.2) is 0 Å². The Kier molecular flexibility index (Phi) is 3.18. The zero-order chi connectivity index (χ0) is 11.5. The molecule has 2 aromatic heterocycles. The van der Waals surface area contributed by atoms with E-state index in [9.17, 15) is 0 Å². The molecule has 0 aliphatic heterocycles. The number of aromatic nitrogens is 3. The number of nitrogens with zero attached hydrogens (tertiary/aromatic N) is 3. The molecule has 6 nitrogen and oxygen atoms in total. The Bertz CT molecular complexity index is 466. The van der Waals surface area contributed by atoms with E-state index >= 15 is 0 Å². The number of hydrazine groups is 1. The van der Waals surface area contributed by atoms with Crippen LogP contribution in [-0.4, -0.2) is 22.1 Å². The van der Waals surface area contributed by atoms with Crippen molar-refractivity contribution in [2.45, 2.75) is 6.04 Å². The van der Waals surface area contributed by atoms with E-state index < -0.39 is 0 Å². The van der Waals surface area contributed by atoms with E-state index in [4.69, 9.17) is 10.6 Å². The average molecular weight is 239 g/mol. The Balaban J connectivity index is 2.40. The van der Waals surface area contributed by atoms with Gasteiger partial charge in [-0.05, 0) is 11.4 Å². The van der Waals surface area contributed by atoms with E-state index in [0.717, 1.165) is 16.3 Å². The van der Waals surface area contributed by atoms with Gasteiger partial charge in [-0.3, -0.25) is 10.5 Å².